The number of rotatable bonds is 7. The number of hydrogen-bond donors (Lipinski definition) is 3. The quantitative estimate of drug-likeness (QED) is 0.164. The van der Waals surface area contributed by atoms with Crippen LogP contribution in [0.3, 0.4) is 0 Å². The fourth-order valence-electron chi connectivity index (χ4n) is 5.28. The summed E-state index contributed by atoms with van der Waals surface area (Å²) in [6, 6.07) is 4.51. The summed E-state index contributed by atoms with van der Waals surface area (Å²) in [6.45, 7) is -1.32. The number of amides is 2. The van der Waals surface area contributed by atoms with Crippen LogP contribution in [0.25, 0.3) is 0 Å². The minimum absolute atomic E-state index is 0.00896. The van der Waals surface area contributed by atoms with Crippen molar-refractivity contribution < 1.29 is 53.7 Å². The van der Waals surface area contributed by atoms with Gasteiger partial charge in [-0.3, -0.25) is 19.2 Å². The lowest BCUT2D eigenvalue weighted by molar-refractivity contribution is -0.200. The van der Waals surface area contributed by atoms with Gasteiger partial charge in [0.05, 0.1) is 36.1 Å². The van der Waals surface area contributed by atoms with E-state index in [0.717, 1.165) is 0 Å². The number of carbonyl (C=O) groups excluding carboxylic acids is 5. The first-order chi connectivity index (χ1) is 19.2. The monoisotopic (exact) mass is 552 g/mol. The number of phenolic OH excluding ortho intramolecular Hbond substituents is 2. The largest absolute Gasteiger partial charge is 0.507 e. The zero-order chi connectivity index (χ0) is 28.7. The lowest BCUT2D eigenvalue weighted by Gasteiger charge is -2.30. The third-order valence-electron chi connectivity index (χ3n) is 7.22. The summed E-state index contributed by atoms with van der Waals surface area (Å²) in [5.74, 6) is -4.81. The molecule has 0 aromatic heterocycles. The molecule has 13 heteroatoms. The molecule has 0 radical (unpaired) electrons. The van der Waals surface area contributed by atoms with Crippen molar-refractivity contribution in [3.8, 4) is 17.2 Å². The molecule has 1 unspecified atom stereocenters. The fourth-order valence-corrected chi connectivity index (χ4v) is 5.28. The smallest absolute Gasteiger partial charge is 0.373 e. The fraction of sp³-hybridized carbons (Fsp3) is 0.333. The van der Waals surface area contributed by atoms with Crippen molar-refractivity contribution in [2.24, 2.45) is 11.1 Å². The molecule has 208 valence electrons. The number of oxime groups is 1. The average Bonchev–Trinajstić information content (AvgIpc) is 3.27. The molecule has 5 rings (SSSR count). The predicted octanol–water partition coefficient (Wildman–Crippen LogP) is 0.959. The van der Waals surface area contributed by atoms with E-state index in [0.29, 0.717) is 17.0 Å². The van der Waals surface area contributed by atoms with Gasteiger partial charge in [0.25, 0.3) is 11.8 Å². The van der Waals surface area contributed by atoms with Gasteiger partial charge in [-0.05, 0) is 25.3 Å². The van der Waals surface area contributed by atoms with Crippen LogP contribution < -0.4 is 4.74 Å². The lowest BCUT2D eigenvalue weighted by Crippen LogP contribution is -2.33. The molecule has 1 fully saturated rings. The molecule has 1 aliphatic heterocycles. The highest BCUT2D eigenvalue weighted by molar-refractivity contribution is 6.31. The van der Waals surface area contributed by atoms with Gasteiger partial charge in [0.15, 0.2) is 5.78 Å². The molecule has 3 N–H and O–H groups in total. The van der Waals surface area contributed by atoms with Gasteiger partial charge in [-0.15, -0.1) is 5.06 Å². The molecule has 2 aliphatic carbocycles. The Bertz CT molecular complexity index is 1490. The summed E-state index contributed by atoms with van der Waals surface area (Å²) in [5, 5.41) is 36.3. The first-order valence-electron chi connectivity index (χ1n) is 12.4. The summed E-state index contributed by atoms with van der Waals surface area (Å²) < 4.78 is 5.24. The second kappa shape index (κ2) is 10.4. The molecular formula is C27H24N2O11. The minimum atomic E-state index is -1.05. The maximum atomic E-state index is 13.4. The van der Waals surface area contributed by atoms with Crippen molar-refractivity contribution in [3.05, 3.63) is 51.6 Å². The number of carbonyl (C=O) groups is 5. The summed E-state index contributed by atoms with van der Waals surface area (Å²) in [6.07, 6.45) is 0.417. The van der Waals surface area contributed by atoms with Gasteiger partial charge in [0.1, 0.15) is 17.2 Å². The topological polar surface area (TPSA) is 189 Å². The summed E-state index contributed by atoms with van der Waals surface area (Å²) >= 11 is 0. The van der Waals surface area contributed by atoms with E-state index in [1.54, 1.807) is 6.07 Å². The van der Waals surface area contributed by atoms with Crippen LogP contribution in [-0.2, 0) is 36.9 Å². The summed E-state index contributed by atoms with van der Waals surface area (Å²) in [5.41, 5.74) is 0.0877. The molecule has 1 saturated heterocycles. The Morgan fingerprint density at radius 3 is 2.33 bits per heavy atom. The van der Waals surface area contributed by atoms with Gasteiger partial charge in [-0.2, -0.15) is 0 Å². The average molecular weight is 552 g/mol. The van der Waals surface area contributed by atoms with Gasteiger partial charge < -0.3 is 29.7 Å². The Morgan fingerprint density at radius 2 is 1.65 bits per heavy atom. The van der Waals surface area contributed by atoms with E-state index >= 15 is 0 Å². The van der Waals surface area contributed by atoms with Gasteiger partial charge in [0, 0.05) is 35.4 Å². The summed E-state index contributed by atoms with van der Waals surface area (Å²) in [4.78, 5) is 71.5. The number of aromatic hydroxyl groups is 2. The van der Waals surface area contributed by atoms with Crippen LogP contribution in [0, 0.1) is 5.92 Å². The van der Waals surface area contributed by atoms with Crippen molar-refractivity contribution >= 4 is 35.1 Å². The molecule has 0 bridgehead atoms. The van der Waals surface area contributed by atoms with Crippen LogP contribution >= 0.6 is 0 Å². The number of nitrogens with zero attached hydrogens (tertiary/aromatic N) is 2. The highest BCUT2D eigenvalue weighted by Gasteiger charge is 2.41. The summed E-state index contributed by atoms with van der Waals surface area (Å²) in [7, 11) is 1.36. The Hall–Kier alpha value is -4.78. The SMILES string of the molecule is COc1cccc2c1C(=O)c1c(O)c3c(c(O)c1C2=O)CC(/C(CO)=N/OCC(=O)ON1C(=O)CCC1=O)CC3. The molecule has 1 atom stereocenters. The molecule has 2 aromatic rings. The molecule has 0 saturated carbocycles. The van der Waals surface area contributed by atoms with Crippen LogP contribution in [0.5, 0.6) is 17.2 Å². The number of aliphatic hydroxyl groups is 1. The Balaban J connectivity index is 1.37. The van der Waals surface area contributed by atoms with E-state index in [-0.39, 0.29) is 65.0 Å². The second-order valence-corrected chi connectivity index (χ2v) is 9.44. The van der Waals surface area contributed by atoms with E-state index < -0.39 is 60.0 Å². The normalized spacial score (nSPS) is 18.3. The van der Waals surface area contributed by atoms with Crippen LogP contribution in [0.1, 0.15) is 62.2 Å². The maximum absolute atomic E-state index is 13.4. The van der Waals surface area contributed by atoms with E-state index in [1.165, 1.54) is 19.2 Å². The number of imide groups is 1. The minimum Gasteiger partial charge on any atom is -0.507 e. The predicted molar refractivity (Wildman–Crippen MR) is 133 cm³/mol. The van der Waals surface area contributed by atoms with Crippen LogP contribution in [0.4, 0.5) is 0 Å². The number of hydroxylamine groups is 2. The van der Waals surface area contributed by atoms with E-state index in [1.807, 2.05) is 0 Å². The van der Waals surface area contributed by atoms with Crippen molar-refractivity contribution in [1.82, 2.24) is 5.06 Å². The van der Waals surface area contributed by atoms with Crippen molar-refractivity contribution in [2.75, 3.05) is 20.3 Å². The highest BCUT2D eigenvalue weighted by Crippen LogP contribution is 2.47. The lowest BCUT2D eigenvalue weighted by atomic mass is 9.74. The number of phenols is 2. The molecule has 3 aliphatic rings. The van der Waals surface area contributed by atoms with E-state index in [2.05, 4.69) is 5.16 Å². The molecule has 40 heavy (non-hydrogen) atoms. The standard InChI is InChI=1S/C27H24N2O11/c1-38-17-4-2-3-14-21(17)27(37)23-22(25(14)35)26(36)15-9-12(5-6-13(15)24(23)34)16(10-30)28-39-11-20(33)40-29-18(31)7-8-19(29)32/h2-4,12,30,34,36H,5-11H2,1H3/b28-16+. The third-order valence-corrected chi connectivity index (χ3v) is 7.22. The first kappa shape index (κ1) is 26.8. The number of methoxy groups -OCH3 is 1. The van der Waals surface area contributed by atoms with Crippen LogP contribution in [0.2, 0.25) is 0 Å². The number of ether oxygens (including phenoxy) is 1. The third kappa shape index (κ3) is 4.33. The number of hydrogen-bond acceptors (Lipinski definition) is 12. The molecule has 1 heterocycles. The number of ketones is 2. The number of fused-ring (bicyclic) bond motifs is 3. The van der Waals surface area contributed by atoms with Gasteiger partial charge in [-0.25, -0.2) is 4.79 Å². The zero-order valence-electron chi connectivity index (χ0n) is 21.3. The van der Waals surface area contributed by atoms with Gasteiger partial charge in [0.2, 0.25) is 12.4 Å². The van der Waals surface area contributed by atoms with Crippen molar-refractivity contribution in [2.45, 2.75) is 32.1 Å². The van der Waals surface area contributed by atoms with Gasteiger partial charge in [-0.1, -0.05) is 17.3 Å². The highest BCUT2D eigenvalue weighted by atomic mass is 16.7. The number of aliphatic hydroxyl groups excluding tert-OH is 1. The van der Waals surface area contributed by atoms with E-state index in [9.17, 15) is 39.3 Å². The van der Waals surface area contributed by atoms with Crippen LogP contribution in [-0.4, -0.2) is 75.8 Å². The van der Waals surface area contributed by atoms with Crippen LogP contribution in [0.15, 0.2) is 23.4 Å². The van der Waals surface area contributed by atoms with Gasteiger partial charge >= 0.3 is 5.97 Å². The first-order valence-corrected chi connectivity index (χ1v) is 12.4. The molecular weight excluding hydrogens is 528 g/mol. The maximum Gasteiger partial charge on any atom is 0.373 e. The van der Waals surface area contributed by atoms with Crippen molar-refractivity contribution in [1.29, 1.82) is 0 Å². The zero-order valence-corrected chi connectivity index (χ0v) is 21.3. The Kier molecular flexibility index (Phi) is 6.98. The number of benzene rings is 2. The molecule has 0 spiro atoms. The molecule has 13 nitrogen and oxygen atoms in total. The Morgan fingerprint density at radius 1 is 0.975 bits per heavy atom. The Labute approximate surface area is 226 Å². The van der Waals surface area contributed by atoms with Crippen molar-refractivity contribution in [3.63, 3.8) is 0 Å². The second-order valence-electron chi connectivity index (χ2n) is 9.44. The molecule has 2 amide bonds. The van der Waals surface area contributed by atoms with E-state index in [4.69, 9.17) is 14.4 Å². The molecule has 2 aromatic carbocycles.